The van der Waals surface area contributed by atoms with Crippen LogP contribution in [0.1, 0.15) is 97.3 Å². The molecule has 4 saturated carbocycles. The van der Waals surface area contributed by atoms with Crippen molar-refractivity contribution in [3.05, 3.63) is 11.6 Å². The Morgan fingerprint density at radius 3 is 2.52 bits per heavy atom. The van der Waals surface area contributed by atoms with E-state index in [1.807, 2.05) is 13.2 Å². The van der Waals surface area contributed by atoms with Crippen molar-refractivity contribution in [2.75, 3.05) is 13.7 Å². The van der Waals surface area contributed by atoms with Crippen LogP contribution in [0.2, 0.25) is 0 Å². The summed E-state index contributed by atoms with van der Waals surface area (Å²) >= 11 is 0. The third-order valence-electron chi connectivity index (χ3n) is 10.5. The lowest BCUT2D eigenvalue weighted by Gasteiger charge is -2.58. The van der Waals surface area contributed by atoms with E-state index in [1.54, 1.807) is 0 Å². The van der Waals surface area contributed by atoms with Crippen LogP contribution in [0.25, 0.3) is 0 Å². The maximum absolute atomic E-state index is 12.3. The molecule has 6 atom stereocenters. The normalized spacial score (nSPS) is 42.0. The number of carbonyl (C=O) groups is 2. The molecule has 0 bridgehead atoms. The number of ketones is 1. The highest BCUT2D eigenvalue weighted by Gasteiger charge is 2.61. The van der Waals surface area contributed by atoms with Gasteiger partial charge in [0, 0.05) is 38.7 Å². The van der Waals surface area contributed by atoms with Gasteiger partial charge in [-0.2, -0.15) is 0 Å². The zero-order chi connectivity index (χ0) is 23.3. The molecule has 0 aromatic heterocycles. The largest absolute Gasteiger partial charge is 0.465 e. The molecule has 4 fully saturated rings. The predicted octanol–water partition coefficient (Wildman–Crippen LogP) is 5.75. The Labute approximate surface area is 199 Å². The van der Waals surface area contributed by atoms with Gasteiger partial charge in [0.2, 0.25) is 0 Å². The summed E-state index contributed by atoms with van der Waals surface area (Å²) in [6.07, 6.45) is 16.0. The standard InChI is InChI=1S/C28H42O5/c1-19(29)32-18-27-16-11-21(30)17-20(27)7-8-22-23-9-10-25(26(23,2)15-12-24(22)27)33-28(31-3)13-5-4-6-14-28/h17,22-25H,4-16,18H2,1-3H3/t22-,23-,24-,25-,26-,27+/m0/s1. The highest BCUT2D eigenvalue weighted by molar-refractivity contribution is 5.91. The zero-order valence-corrected chi connectivity index (χ0v) is 20.8. The maximum atomic E-state index is 12.3. The smallest absolute Gasteiger partial charge is 0.302 e. The minimum absolute atomic E-state index is 0.139. The third kappa shape index (κ3) is 3.91. The van der Waals surface area contributed by atoms with Crippen LogP contribution in [0.5, 0.6) is 0 Å². The van der Waals surface area contributed by atoms with Crippen molar-refractivity contribution in [3.8, 4) is 0 Å². The Kier molecular flexibility index (Phi) is 6.27. The lowest BCUT2D eigenvalue weighted by Crippen LogP contribution is -2.55. The number of carbonyl (C=O) groups excluding carboxylic acids is 2. The number of hydrogen-bond donors (Lipinski definition) is 0. The average molecular weight is 459 g/mol. The van der Waals surface area contributed by atoms with Crippen LogP contribution in [0.4, 0.5) is 0 Å². The minimum Gasteiger partial charge on any atom is -0.465 e. The van der Waals surface area contributed by atoms with Gasteiger partial charge in [0.25, 0.3) is 0 Å². The molecule has 0 spiro atoms. The van der Waals surface area contributed by atoms with Crippen molar-refractivity contribution < 1.29 is 23.8 Å². The average Bonchev–Trinajstić information content (AvgIpc) is 3.14. The highest BCUT2D eigenvalue weighted by atomic mass is 16.7. The second-order valence-corrected chi connectivity index (χ2v) is 11.9. The highest BCUT2D eigenvalue weighted by Crippen LogP contribution is 2.66. The first kappa shape index (κ1) is 23.5. The van der Waals surface area contributed by atoms with Gasteiger partial charge >= 0.3 is 5.97 Å². The summed E-state index contributed by atoms with van der Waals surface area (Å²) in [6.45, 7) is 4.42. The second kappa shape index (κ2) is 8.78. The molecule has 0 radical (unpaired) electrons. The van der Waals surface area contributed by atoms with Crippen molar-refractivity contribution in [2.45, 2.75) is 109 Å². The molecule has 0 N–H and O–H groups in total. The fourth-order valence-electron chi connectivity index (χ4n) is 8.73. The molecular formula is C28H42O5. The number of rotatable bonds is 5. The number of esters is 1. The lowest BCUT2D eigenvalue weighted by molar-refractivity contribution is -0.280. The molecule has 5 aliphatic rings. The number of ether oxygens (including phenoxy) is 3. The number of fused-ring (bicyclic) bond motifs is 5. The summed E-state index contributed by atoms with van der Waals surface area (Å²) in [4.78, 5) is 24.0. The topological polar surface area (TPSA) is 61.8 Å². The van der Waals surface area contributed by atoms with Crippen LogP contribution in [-0.2, 0) is 23.8 Å². The van der Waals surface area contributed by atoms with Crippen LogP contribution >= 0.6 is 0 Å². The Balaban J connectivity index is 1.40. The maximum Gasteiger partial charge on any atom is 0.302 e. The summed E-state index contributed by atoms with van der Waals surface area (Å²) < 4.78 is 18.6. The fraction of sp³-hybridized carbons (Fsp3) is 0.857. The SMILES string of the molecule is COC1(O[C@H]2CC[C@H]3[C@@H]4CCC5=CC(=O)CC[C@]5(COC(C)=O)[C@H]4CC[C@]23C)CCCCC1. The molecule has 0 saturated heterocycles. The molecule has 0 aromatic rings. The van der Waals surface area contributed by atoms with E-state index >= 15 is 0 Å². The zero-order valence-electron chi connectivity index (χ0n) is 20.8. The molecule has 184 valence electrons. The van der Waals surface area contributed by atoms with Gasteiger partial charge in [-0.1, -0.05) is 18.9 Å². The molecule has 0 aromatic carbocycles. The van der Waals surface area contributed by atoms with Crippen LogP contribution in [-0.4, -0.2) is 37.4 Å². The van der Waals surface area contributed by atoms with Crippen molar-refractivity contribution in [1.29, 1.82) is 0 Å². The van der Waals surface area contributed by atoms with Gasteiger partial charge in [-0.25, -0.2) is 0 Å². The van der Waals surface area contributed by atoms with Crippen molar-refractivity contribution in [3.63, 3.8) is 0 Å². The molecule has 5 rings (SSSR count). The summed E-state index contributed by atoms with van der Waals surface area (Å²) in [5.74, 6) is 1.38. The Morgan fingerprint density at radius 2 is 1.79 bits per heavy atom. The molecule has 0 aliphatic heterocycles. The van der Waals surface area contributed by atoms with Crippen LogP contribution in [0.3, 0.4) is 0 Å². The minimum atomic E-state index is -0.388. The molecule has 33 heavy (non-hydrogen) atoms. The number of methoxy groups -OCH3 is 1. The van der Waals surface area contributed by atoms with Gasteiger partial charge in [0.15, 0.2) is 11.6 Å². The summed E-state index contributed by atoms with van der Waals surface area (Å²) in [5.41, 5.74) is 1.30. The van der Waals surface area contributed by atoms with Gasteiger partial charge in [-0.05, 0) is 87.0 Å². The van der Waals surface area contributed by atoms with Crippen molar-refractivity contribution >= 4 is 11.8 Å². The quantitative estimate of drug-likeness (QED) is 0.387. The molecular weight excluding hydrogens is 416 g/mol. The van der Waals surface area contributed by atoms with Gasteiger partial charge in [-0.15, -0.1) is 0 Å². The first-order valence-electron chi connectivity index (χ1n) is 13.4. The van der Waals surface area contributed by atoms with E-state index in [2.05, 4.69) is 6.92 Å². The van der Waals surface area contributed by atoms with Crippen LogP contribution < -0.4 is 0 Å². The van der Waals surface area contributed by atoms with Gasteiger partial charge in [-0.3, -0.25) is 9.59 Å². The summed E-state index contributed by atoms with van der Waals surface area (Å²) in [7, 11) is 1.83. The second-order valence-electron chi connectivity index (χ2n) is 11.9. The van der Waals surface area contributed by atoms with E-state index in [0.717, 1.165) is 51.4 Å². The van der Waals surface area contributed by atoms with E-state index in [4.69, 9.17) is 14.2 Å². The van der Waals surface area contributed by atoms with Gasteiger partial charge < -0.3 is 14.2 Å². The Hall–Kier alpha value is -1.20. The van der Waals surface area contributed by atoms with E-state index in [9.17, 15) is 9.59 Å². The van der Waals surface area contributed by atoms with Crippen molar-refractivity contribution in [1.82, 2.24) is 0 Å². The summed E-state index contributed by atoms with van der Waals surface area (Å²) in [6, 6.07) is 0. The van der Waals surface area contributed by atoms with E-state index in [1.165, 1.54) is 38.2 Å². The van der Waals surface area contributed by atoms with Gasteiger partial charge in [0.05, 0.1) is 6.10 Å². The van der Waals surface area contributed by atoms with E-state index < -0.39 is 0 Å². The molecule has 5 nitrogen and oxygen atoms in total. The lowest BCUT2D eigenvalue weighted by atomic mass is 9.47. The summed E-state index contributed by atoms with van der Waals surface area (Å²) in [5, 5.41) is 0. The predicted molar refractivity (Wildman–Crippen MR) is 125 cm³/mol. The first-order chi connectivity index (χ1) is 15.8. The van der Waals surface area contributed by atoms with Crippen LogP contribution in [0.15, 0.2) is 11.6 Å². The molecule has 0 heterocycles. The monoisotopic (exact) mass is 458 g/mol. The van der Waals surface area contributed by atoms with Crippen molar-refractivity contribution in [2.24, 2.45) is 28.6 Å². The van der Waals surface area contributed by atoms with E-state index in [-0.39, 0.29) is 34.5 Å². The first-order valence-corrected chi connectivity index (χ1v) is 13.4. The molecule has 5 heteroatoms. The van der Waals surface area contributed by atoms with E-state index in [0.29, 0.717) is 30.8 Å². The van der Waals surface area contributed by atoms with Gasteiger partial charge in [0.1, 0.15) is 6.61 Å². The van der Waals surface area contributed by atoms with Crippen LogP contribution in [0, 0.1) is 28.6 Å². The number of hydrogen-bond acceptors (Lipinski definition) is 5. The Morgan fingerprint density at radius 1 is 1.00 bits per heavy atom. The molecule has 5 aliphatic carbocycles. The third-order valence-corrected chi connectivity index (χ3v) is 10.5. The fourth-order valence-corrected chi connectivity index (χ4v) is 8.73. The Bertz CT molecular complexity index is 811. The molecule has 0 unspecified atom stereocenters. The molecule has 0 amide bonds.